The number of benzene rings is 1. The minimum absolute atomic E-state index is 0.0607. The second-order valence-electron chi connectivity index (χ2n) is 5.01. The van der Waals surface area contributed by atoms with Gasteiger partial charge in [0.25, 0.3) is 0 Å². The summed E-state index contributed by atoms with van der Waals surface area (Å²) < 4.78 is 5.23. The highest BCUT2D eigenvalue weighted by Gasteiger charge is 2.20. The number of carbonyl (C=O) groups is 2. The highest BCUT2D eigenvalue weighted by atomic mass is 16.5. The Morgan fingerprint density at radius 1 is 1.14 bits per heavy atom. The normalized spacial score (nSPS) is 26.0. The molecule has 0 spiro atoms. The molecule has 0 aromatic heterocycles. The van der Waals surface area contributed by atoms with Gasteiger partial charge in [0.2, 0.25) is 5.91 Å². The first-order valence-corrected chi connectivity index (χ1v) is 7.08. The Hall–Kier alpha value is -2.14. The zero-order valence-electron chi connectivity index (χ0n) is 11.8. The van der Waals surface area contributed by atoms with Gasteiger partial charge in [0.15, 0.2) is 0 Å². The van der Waals surface area contributed by atoms with Crippen molar-refractivity contribution in [2.24, 2.45) is 5.73 Å². The molecule has 0 aliphatic carbocycles. The van der Waals surface area contributed by atoms with Gasteiger partial charge >= 0.3 is 5.97 Å². The third-order valence-corrected chi connectivity index (χ3v) is 3.33. The smallest absolute Gasteiger partial charge is 0.323 e. The van der Waals surface area contributed by atoms with Crippen LogP contribution < -0.4 is 11.1 Å². The maximum Gasteiger partial charge on any atom is 0.323 e. The maximum atomic E-state index is 11.9. The number of carbonyl (C=O) groups excluding carboxylic acids is 2. The lowest BCUT2D eigenvalue weighted by molar-refractivity contribution is -0.146. The Bertz CT molecular complexity index is 514. The molecule has 2 rings (SSSR count). The third kappa shape index (κ3) is 4.72. The predicted octanol–water partition coefficient (Wildman–Crippen LogP) is 1.45. The van der Waals surface area contributed by atoms with Crippen LogP contribution in [0.3, 0.4) is 0 Å². The SMILES string of the molecule is N[C@@H]1C/C=C/CCC(=O)N[C@H](c2ccccc2)COC1=O. The predicted molar refractivity (Wildman–Crippen MR) is 79.3 cm³/mol. The fourth-order valence-corrected chi connectivity index (χ4v) is 2.12. The zero-order chi connectivity index (χ0) is 15.1. The van der Waals surface area contributed by atoms with Crippen molar-refractivity contribution in [2.75, 3.05) is 6.61 Å². The summed E-state index contributed by atoms with van der Waals surface area (Å²) in [7, 11) is 0. The first-order valence-electron chi connectivity index (χ1n) is 7.08. The van der Waals surface area contributed by atoms with Crippen molar-refractivity contribution in [3.63, 3.8) is 0 Å². The summed E-state index contributed by atoms with van der Waals surface area (Å²) in [4.78, 5) is 23.7. The van der Waals surface area contributed by atoms with Crippen molar-refractivity contribution in [1.29, 1.82) is 0 Å². The third-order valence-electron chi connectivity index (χ3n) is 3.33. The standard InChI is InChI=1S/C16H20N2O3/c17-13-9-5-2-6-10-15(19)18-14(11-21-16(13)20)12-7-3-1-4-8-12/h1-5,7-8,13-14H,6,9-11,17H2,(H,18,19)/b5-2+/t13-,14+/m1/s1. The van der Waals surface area contributed by atoms with E-state index in [4.69, 9.17) is 10.5 Å². The highest BCUT2D eigenvalue weighted by Crippen LogP contribution is 2.14. The van der Waals surface area contributed by atoms with Crippen LogP contribution in [0.2, 0.25) is 0 Å². The Balaban J connectivity index is 2.13. The first kappa shape index (κ1) is 15.3. The van der Waals surface area contributed by atoms with Crippen molar-refractivity contribution >= 4 is 11.9 Å². The Morgan fingerprint density at radius 2 is 1.90 bits per heavy atom. The van der Waals surface area contributed by atoms with Gasteiger partial charge in [-0.25, -0.2) is 0 Å². The molecule has 112 valence electrons. The number of rotatable bonds is 1. The van der Waals surface area contributed by atoms with Gasteiger partial charge in [0.1, 0.15) is 12.6 Å². The number of allylic oxidation sites excluding steroid dienone is 1. The van der Waals surface area contributed by atoms with Crippen molar-refractivity contribution in [1.82, 2.24) is 5.32 Å². The summed E-state index contributed by atoms with van der Waals surface area (Å²) in [5.74, 6) is -0.509. The van der Waals surface area contributed by atoms with E-state index in [1.807, 2.05) is 42.5 Å². The fourth-order valence-electron chi connectivity index (χ4n) is 2.12. The monoisotopic (exact) mass is 288 g/mol. The van der Waals surface area contributed by atoms with E-state index in [1.54, 1.807) is 0 Å². The Morgan fingerprint density at radius 3 is 2.67 bits per heavy atom. The van der Waals surface area contributed by atoms with Crippen LogP contribution in [-0.4, -0.2) is 24.5 Å². The van der Waals surface area contributed by atoms with Crippen molar-refractivity contribution in [3.8, 4) is 0 Å². The average molecular weight is 288 g/mol. The molecule has 1 aliphatic heterocycles. The second kappa shape index (κ2) is 7.59. The van der Waals surface area contributed by atoms with Crippen LogP contribution in [0, 0.1) is 0 Å². The lowest BCUT2D eigenvalue weighted by Crippen LogP contribution is -2.36. The van der Waals surface area contributed by atoms with Gasteiger partial charge in [0, 0.05) is 6.42 Å². The molecule has 5 nitrogen and oxygen atoms in total. The molecular formula is C16H20N2O3. The number of hydrogen-bond acceptors (Lipinski definition) is 4. The van der Waals surface area contributed by atoms with Crippen molar-refractivity contribution < 1.29 is 14.3 Å². The Labute approximate surface area is 124 Å². The molecule has 0 fully saturated rings. The van der Waals surface area contributed by atoms with Crippen LogP contribution in [0.4, 0.5) is 0 Å². The molecule has 5 heteroatoms. The van der Waals surface area contributed by atoms with Crippen LogP contribution in [0.25, 0.3) is 0 Å². The Kier molecular flexibility index (Phi) is 5.51. The van der Waals surface area contributed by atoms with E-state index in [-0.39, 0.29) is 18.6 Å². The molecule has 21 heavy (non-hydrogen) atoms. The molecule has 1 aromatic carbocycles. The van der Waals surface area contributed by atoms with Crippen LogP contribution in [0.15, 0.2) is 42.5 Å². The van der Waals surface area contributed by atoms with E-state index in [2.05, 4.69) is 5.32 Å². The van der Waals surface area contributed by atoms with E-state index in [1.165, 1.54) is 0 Å². The molecule has 0 radical (unpaired) electrons. The molecule has 1 amide bonds. The van der Waals surface area contributed by atoms with Crippen LogP contribution >= 0.6 is 0 Å². The quantitative estimate of drug-likeness (QED) is 0.605. The molecule has 1 aliphatic rings. The van der Waals surface area contributed by atoms with E-state index < -0.39 is 12.0 Å². The van der Waals surface area contributed by atoms with Crippen LogP contribution in [-0.2, 0) is 14.3 Å². The summed E-state index contributed by atoms with van der Waals surface area (Å²) in [5, 5.41) is 2.90. The number of amides is 1. The minimum Gasteiger partial charge on any atom is -0.462 e. The number of ether oxygens (including phenoxy) is 1. The van der Waals surface area contributed by atoms with Gasteiger partial charge in [-0.2, -0.15) is 0 Å². The lowest BCUT2D eigenvalue weighted by Gasteiger charge is -2.20. The largest absolute Gasteiger partial charge is 0.462 e. The zero-order valence-corrected chi connectivity index (χ0v) is 11.8. The maximum absolute atomic E-state index is 11.9. The molecule has 2 atom stereocenters. The second-order valence-corrected chi connectivity index (χ2v) is 5.01. The van der Waals surface area contributed by atoms with Crippen molar-refractivity contribution in [2.45, 2.75) is 31.3 Å². The van der Waals surface area contributed by atoms with Crippen molar-refractivity contribution in [3.05, 3.63) is 48.0 Å². The van der Waals surface area contributed by atoms with Gasteiger partial charge in [-0.05, 0) is 18.4 Å². The summed E-state index contributed by atoms with van der Waals surface area (Å²) in [5.41, 5.74) is 6.66. The number of nitrogens with one attached hydrogen (secondary N) is 1. The van der Waals surface area contributed by atoms with Gasteiger partial charge in [0.05, 0.1) is 6.04 Å². The molecule has 0 bridgehead atoms. The molecule has 1 aromatic rings. The first-order chi connectivity index (χ1) is 10.2. The highest BCUT2D eigenvalue weighted by molar-refractivity contribution is 5.77. The van der Waals surface area contributed by atoms with Crippen LogP contribution in [0.1, 0.15) is 30.9 Å². The summed E-state index contributed by atoms with van der Waals surface area (Å²) in [6.45, 7) is 0.0893. The molecule has 0 saturated carbocycles. The van der Waals surface area contributed by atoms with Crippen LogP contribution in [0.5, 0.6) is 0 Å². The molecular weight excluding hydrogens is 268 g/mol. The number of cyclic esters (lactones) is 1. The van der Waals surface area contributed by atoms with Gasteiger partial charge in [-0.1, -0.05) is 42.5 Å². The number of esters is 1. The summed E-state index contributed by atoms with van der Waals surface area (Å²) >= 11 is 0. The van der Waals surface area contributed by atoms with E-state index in [0.29, 0.717) is 19.3 Å². The van der Waals surface area contributed by atoms with Gasteiger partial charge < -0.3 is 15.8 Å². The van der Waals surface area contributed by atoms with E-state index in [0.717, 1.165) is 5.56 Å². The van der Waals surface area contributed by atoms with E-state index >= 15 is 0 Å². The molecule has 1 heterocycles. The lowest BCUT2D eigenvalue weighted by atomic mass is 10.1. The fraction of sp³-hybridized carbons (Fsp3) is 0.375. The number of nitrogens with two attached hydrogens (primary N) is 1. The van der Waals surface area contributed by atoms with Gasteiger partial charge in [-0.15, -0.1) is 0 Å². The van der Waals surface area contributed by atoms with Gasteiger partial charge in [-0.3, -0.25) is 9.59 Å². The summed E-state index contributed by atoms with van der Waals surface area (Å²) in [6.07, 6.45) is 5.15. The molecule has 0 saturated heterocycles. The number of hydrogen-bond donors (Lipinski definition) is 2. The summed E-state index contributed by atoms with van der Waals surface area (Å²) in [6, 6.07) is 8.44. The molecule has 3 N–H and O–H groups in total. The average Bonchev–Trinajstić information content (AvgIpc) is 2.50. The topological polar surface area (TPSA) is 81.4 Å². The molecule has 0 unspecified atom stereocenters. The van der Waals surface area contributed by atoms with E-state index in [9.17, 15) is 9.59 Å². The minimum atomic E-state index is -0.659.